The van der Waals surface area contributed by atoms with Crippen LogP contribution >= 0.6 is 0 Å². The molecule has 2 aromatic rings. The molecule has 0 unspecified atom stereocenters. The smallest absolute Gasteiger partial charge is 0.416 e. The normalized spacial score (nSPS) is 10.6. The first-order chi connectivity index (χ1) is 7.52. The molecule has 1 aromatic carbocycles. The second kappa shape index (κ2) is 3.34. The number of carbonyl (C=O) groups is 2. The van der Waals surface area contributed by atoms with Crippen LogP contribution in [0.4, 0.5) is 9.18 Å². The standard InChI is InChI=1S/C10H6FNO4/c11-6-2-1-3-7-5(6)4-8(9(13)14)12(7)10(15)16/h1-4H,(H,13,14)(H,15,16). The topological polar surface area (TPSA) is 79.5 Å². The van der Waals surface area contributed by atoms with Gasteiger partial charge in [-0.05, 0) is 18.2 Å². The highest BCUT2D eigenvalue weighted by atomic mass is 19.1. The summed E-state index contributed by atoms with van der Waals surface area (Å²) in [5.41, 5.74) is -0.461. The second-order valence-electron chi connectivity index (χ2n) is 3.13. The quantitative estimate of drug-likeness (QED) is 0.774. The number of fused-ring (bicyclic) bond motifs is 1. The Kier molecular flexibility index (Phi) is 2.12. The summed E-state index contributed by atoms with van der Waals surface area (Å²) in [6.45, 7) is 0. The molecule has 1 heterocycles. The Morgan fingerprint density at radius 1 is 1.25 bits per heavy atom. The van der Waals surface area contributed by atoms with Crippen LogP contribution in [-0.4, -0.2) is 26.8 Å². The van der Waals surface area contributed by atoms with Gasteiger partial charge in [-0.25, -0.2) is 18.5 Å². The van der Waals surface area contributed by atoms with E-state index in [9.17, 15) is 14.0 Å². The van der Waals surface area contributed by atoms with Gasteiger partial charge >= 0.3 is 12.1 Å². The summed E-state index contributed by atoms with van der Waals surface area (Å²) in [6.07, 6.45) is -1.46. The van der Waals surface area contributed by atoms with Crippen molar-refractivity contribution in [1.82, 2.24) is 4.57 Å². The summed E-state index contributed by atoms with van der Waals surface area (Å²) in [7, 11) is 0. The summed E-state index contributed by atoms with van der Waals surface area (Å²) in [5, 5.41) is 17.6. The Labute approximate surface area is 88.3 Å². The van der Waals surface area contributed by atoms with E-state index < -0.39 is 23.6 Å². The van der Waals surface area contributed by atoms with Crippen molar-refractivity contribution in [2.75, 3.05) is 0 Å². The number of aromatic carboxylic acids is 1. The molecule has 2 N–H and O–H groups in total. The number of carboxylic acid groups (broad SMARTS) is 2. The van der Waals surface area contributed by atoms with E-state index in [2.05, 4.69) is 0 Å². The van der Waals surface area contributed by atoms with Gasteiger partial charge in [0, 0.05) is 5.39 Å². The predicted molar refractivity (Wildman–Crippen MR) is 52.3 cm³/mol. The minimum absolute atomic E-state index is 0.0184. The first-order valence-corrected chi connectivity index (χ1v) is 4.29. The fraction of sp³-hybridized carbons (Fsp3) is 0. The van der Waals surface area contributed by atoms with Crippen molar-refractivity contribution in [1.29, 1.82) is 0 Å². The van der Waals surface area contributed by atoms with E-state index in [-0.39, 0.29) is 10.9 Å². The second-order valence-corrected chi connectivity index (χ2v) is 3.13. The molecule has 0 atom stereocenters. The average Bonchev–Trinajstić information content (AvgIpc) is 2.58. The Morgan fingerprint density at radius 2 is 1.94 bits per heavy atom. The summed E-state index contributed by atoms with van der Waals surface area (Å²) >= 11 is 0. The molecule has 82 valence electrons. The van der Waals surface area contributed by atoms with Gasteiger partial charge < -0.3 is 10.2 Å². The van der Waals surface area contributed by atoms with Crippen molar-refractivity contribution in [3.8, 4) is 0 Å². The zero-order chi connectivity index (χ0) is 11.9. The minimum atomic E-state index is -1.46. The summed E-state index contributed by atoms with van der Waals surface area (Å²) in [5.74, 6) is -2.07. The first kappa shape index (κ1) is 10.2. The van der Waals surface area contributed by atoms with Gasteiger partial charge in [0.2, 0.25) is 0 Å². The van der Waals surface area contributed by atoms with Gasteiger partial charge in [0.05, 0.1) is 5.52 Å². The molecular weight excluding hydrogens is 217 g/mol. The fourth-order valence-corrected chi connectivity index (χ4v) is 1.56. The summed E-state index contributed by atoms with van der Waals surface area (Å²) < 4.78 is 13.8. The van der Waals surface area contributed by atoms with Crippen LogP contribution < -0.4 is 0 Å². The lowest BCUT2D eigenvalue weighted by molar-refractivity contribution is 0.0685. The SMILES string of the molecule is O=C(O)c1cc2c(F)cccc2n1C(=O)O. The third-order valence-corrected chi connectivity index (χ3v) is 2.20. The van der Waals surface area contributed by atoms with Crippen molar-refractivity contribution in [3.63, 3.8) is 0 Å². The van der Waals surface area contributed by atoms with Crippen molar-refractivity contribution >= 4 is 23.0 Å². The van der Waals surface area contributed by atoms with Gasteiger partial charge in [-0.2, -0.15) is 0 Å². The summed E-state index contributed by atoms with van der Waals surface area (Å²) in [6, 6.07) is 4.81. The lowest BCUT2D eigenvalue weighted by Crippen LogP contribution is -2.14. The lowest BCUT2D eigenvalue weighted by Gasteiger charge is -2.00. The van der Waals surface area contributed by atoms with Crippen LogP contribution in [-0.2, 0) is 0 Å². The van der Waals surface area contributed by atoms with Crippen LogP contribution in [0.1, 0.15) is 10.5 Å². The van der Waals surface area contributed by atoms with E-state index in [1.165, 1.54) is 12.1 Å². The first-order valence-electron chi connectivity index (χ1n) is 4.29. The van der Waals surface area contributed by atoms with Crippen LogP contribution in [0.2, 0.25) is 0 Å². The van der Waals surface area contributed by atoms with Crippen molar-refractivity contribution in [2.24, 2.45) is 0 Å². The molecule has 0 saturated carbocycles. The number of nitrogens with zero attached hydrogens (tertiary/aromatic N) is 1. The third-order valence-electron chi connectivity index (χ3n) is 2.20. The number of halogens is 1. The van der Waals surface area contributed by atoms with E-state index in [1.54, 1.807) is 0 Å². The molecule has 2 rings (SSSR count). The van der Waals surface area contributed by atoms with Gasteiger partial charge in [0.1, 0.15) is 11.5 Å². The van der Waals surface area contributed by atoms with E-state index >= 15 is 0 Å². The number of benzene rings is 1. The summed E-state index contributed by atoms with van der Waals surface area (Å²) in [4.78, 5) is 21.7. The maximum absolute atomic E-state index is 13.3. The van der Waals surface area contributed by atoms with Crippen molar-refractivity contribution < 1.29 is 24.2 Å². The highest BCUT2D eigenvalue weighted by molar-refractivity contribution is 6.00. The monoisotopic (exact) mass is 223 g/mol. The molecule has 0 aliphatic carbocycles. The van der Waals surface area contributed by atoms with Crippen LogP contribution in [0.15, 0.2) is 24.3 Å². The molecule has 0 aliphatic rings. The van der Waals surface area contributed by atoms with Gasteiger partial charge in [-0.15, -0.1) is 0 Å². The largest absolute Gasteiger partial charge is 0.477 e. The highest BCUT2D eigenvalue weighted by Gasteiger charge is 2.20. The molecule has 0 aliphatic heterocycles. The fourth-order valence-electron chi connectivity index (χ4n) is 1.56. The molecule has 0 bridgehead atoms. The van der Waals surface area contributed by atoms with Gasteiger partial charge in [-0.1, -0.05) is 6.07 Å². The molecule has 0 radical (unpaired) electrons. The van der Waals surface area contributed by atoms with E-state index in [1.807, 2.05) is 0 Å². The molecule has 0 spiro atoms. The minimum Gasteiger partial charge on any atom is -0.477 e. The van der Waals surface area contributed by atoms with Crippen LogP contribution in [0.5, 0.6) is 0 Å². The Morgan fingerprint density at radius 3 is 2.50 bits per heavy atom. The maximum Gasteiger partial charge on any atom is 0.416 e. The molecule has 0 fully saturated rings. The van der Waals surface area contributed by atoms with Crippen LogP contribution in [0, 0.1) is 5.82 Å². The Balaban J connectivity index is 2.92. The highest BCUT2D eigenvalue weighted by Crippen LogP contribution is 2.22. The maximum atomic E-state index is 13.3. The van der Waals surface area contributed by atoms with E-state index in [0.717, 1.165) is 12.1 Å². The number of hydrogen-bond acceptors (Lipinski definition) is 2. The number of aromatic nitrogens is 1. The Bertz CT molecular complexity index is 602. The van der Waals surface area contributed by atoms with Crippen LogP contribution in [0.25, 0.3) is 10.9 Å². The molecule has 1 aromatic heterocycles. The lowest BCUT2D eigenvalue weighted by atomic mass is 10.2. The van der Waals surface area contributed by atoms with Crippen LogP contribution in [0.3, 0.4) is 0 Å². The number of rotatable bonds is 1. The molecule has 16 heavy (non-hydrogen) atoms. The van der Waals surface area contributed by atoms with Gasteiger partial charge in [-0.3, -0.25) is 0 Å². The Hall–Kier alpha value is -2.37. The van der Waals surface area contributed by atoms with Gasteiger partial charge in [0.25, 0.3) is 0 Å². The zero-order valence-electron chi connectivity index (χ0n) is 7.85. The molecule has 6 heteroatoms. The van der Waals surface area contributed by atoms with Crippen molar-refractivity contribution in [3.05, 3.63) is 35.8 Å². The molecule has 5 nitrogen and oxygen atoms in total. The average molecular weight is 223 g/mol. The number of carboxylic acids is 1. The zero-order valence-corrected chi connectivity index (χ0v) is 7.85. The van der Waals surface area contributed by atoms with Gasteiger partial charge in [0.15, 0.2) is 0 Å². The van der Waals surface area contributed by atoms with Crippen molar-refractivity contribution in [2.45, 2.75) is 0 Å². The predicted octanol–water partition coefficient (Wildman–Crippen LogP) is 2.00. The molecule has 0 saturated heterocycles. The molecular formula is C10H6FNO4. The molecule has 0 amide bonds. The number of hydrogen-bond donors (Lipinski definition) is 2. The third kappa shape index (κ3) is 1.31. The van der Waals surface area contributed by atoms with E-state index in [0.29, 0.717) is 4.57 Å². The van der Waals surface area contributed by atoms with E-state index in [4.69, 9.17) is 10.2 Å².